The number of aromatic nitrogens is 1. The van der Waals surface area contributed by atoms with Crippen molar-refractivity contribution >= 4 is 58.2 Å². The molecule has 3 rings (SSSR count). The van der Waals surface area contributed by atoms with Gasteiger partial charge in [0.2, 0.25) is 0 Å². The van der Waals surface area contributed by atoms with Crippen molar-refractivity contribution in [1.29, 1.82) is 0 Å². The first-order valence-electron chi connectivity index (χ1n) is 7.50. The number of thiazole rings is 1. The van der Waals surface area contributed by atoms with Gasteiger partial charge in [0.05, 0.1) is 16.3 Å². The molecule has 2 aromatic carbocycles. The lowest BCUT2D eigenvalue weighted by molar-refractivity contribution is 0.102. The Kier molecular flexibility index (Phi) is 6.02. The van der Waals surface area contributed by atoms with E-state index >= 15 is 0 Å². The smallest absolute Gasteiger partial charge is 0.258 e. The summed E-state index contributed by atoms with van der Waals surface area (Å²) in [5, 5.41) is 5.98. The lowest BCUT2D eigenvalue weighted by Crippen LogP contribution is -2.13. The number of nitrogens with one attached hydrogen (secondary N) is 1. The van der Waals surface area contributed by atoms with Gasteiger partial charge in [-0.2, -0.15) is 0 Å². The molecule has 0 aliphatic carbocycles. The van der Waals surface area contributed by atoms with Crippen molar-refractivity contribution in [2.45, 2.75) is 17.7 Å². The van der Waals surface area contributed by atoms with Gasteiger partial charge in [-0.05, 0) is 30.5 Å². The molecule has 0 aliphatic rings. The Hall–Kier alpha value is -1.53. The molecule has 3 nitrogen and oxygen atoms in total. The third kappa shape index (κ3) is 4.76. The average Bonchev–Trinajstić information content (AvgIpc) is 3.04. The summed E-state index contributed by atoms with van der Waals surface area (Å²) >= 11 is 17.6. The zero-order valence-electron chi connectivity index (χ0n) is 13.0. The van der Waals surface area contributed by atoms with E-state index in [0.717, 1.165) is 18.5 Å². The molecule has 1 heterocycles. The van der Waals surface area contributed by atoms with E-state index in [-0.39, 0.29) is 5.91 Å². The number of nitrogens with zero attached hydrogens (tertiary/aromatic N) is 1. The molecule has 1 aromatic heterocycles. The van der Waals surface area contributed by atoms with Crippen LogP contribution in [-0.2, 0) is 12.8 Å². The molecular formula is C18H14Cl2N2OS2. The van der Waals surface area contributed by atoms with Crippen LogP contribution in [0.2, 0.25) is 10.0 Å². The van der Waals surface area contributed by atoms with Crippen molar-refractivity contribution in [1.82, 2.24) is 4.98 Å². The van der Waals surface area contributed by atoms with E-state index in [9.17, 15) is 4.79 Å². The maximum absolute atomic E-state index is 12.4. The number of thiol groups is 1. The van der Waals surface area contributed by atoms with Crippen molar-refractivity contribution < 1.29 is 4.79 Å². The predicted molar refractivity (Wildman–Crippen MR) is 108 cm³/mol. The predicted octanol–water partition coefficient (Wildman–Crippen LogP) is 5.78. The van der Waals surface area contributed by atoms with Crippen LogP contribution in [0.4, 0.5) is 5.13 Å². The summed E-state index contributed by atoms with van der Waals surface area (Å²) in [5.74, 6) is -0.335. The number of benzene rings is 2. The van der Waals surface area contributed by atoms with Gasteiger partial charge >= 0.3 is 0 Å². The van der Waals surface area contributed by atoms with Gasteiger partial charge in [0.1, 0.15) is 0 Å². The molecule has 25 heavy (non-hydrogen) atoms. The summed E-state index contributed by atoms with van der Waals surface area (Å²) in [6.07, 6.45) is 1.72. The zero-order chi connectivity index (χ0) is 17.8. The molecule has 0 bridgehead atoms. The van der Waals surface area contributed by atoms with Crippen LogP contribution < -0.4 is 5.32 Å². The first-order chi connectivity index (χ1) is 12.0. The van der Waals surface area contributed by atoms with Crippen LogP contribution >= 0.6 is 47.2 Å². The fourth-order valence-electron chi connectivity index (χ4n) is 2.30. The summed E-state index contributed by atoms with van der Waals surface area (Å²) in [4.78, 5) is 17.3. The molecule has 3 aromatic rings. The van der Waals surface area contributed by atoms with Crippen molar-refractivity contribution in [3.8, 4) is 0 Å². The fourth-order valence-corrected chi connectivity index (χ4v) is 3.76. The minimum atomic E-state index is -0.335. The third-order valence-electron chi connectivity index (χ3n) is 3.56. The molecule has 0 spiro atoms. The second-order valence-electron chi connectivity index (χ2n) is 5.37. The van der Waals surface area contributed by atoms with E-state index in [1.807, 2.05) is 23.6 Å². The molecule has 0 atom stereocenters. The summed E-state index contributed by atoms with van der Waals surface area (Å²) in [5.41, 5.74) is 2.52. The lowest BCUT2D eigenvalue weighted by atomic mass is 10.1. The maximum atomic E-state index is 12.4. The Balaban J connectivity index is 1.66. The van der Waals surface area contributed by atoms with E-state index in [2.05, 4.69) is 35.1 Å². The number of amides is 1. The third-order valence-corrected chi connectivity index (χ3v) is 5.49. The molecule has 0 saturated carbocycles. The molecule has 128 valence electrons. The van der Waals surface area contributed by atoms with Crippen LogP contribution in [0, 0.1) is 0 Å². The van der Waals surface area contributed by atoms with Crippen molar-refractivity contribution in [3.05, 3.63) is 74.7 Å². The molecule has 7 heteroatoms. The number of carbonyl (C=O) groups is 1. The molecule has 0 saturated heterocycles. The minimum Gasteiger partial charge on any atom is -0.298 e. The number of halogens is 2. The molecule has 0 fully saturated rings. The first-order valence-corrected chi connectivity index (χ1v) is 9.59. The highest BCUT2D eigenvalue weighted by molar-refractivity contribution is 7.80. The zero-order valence-corrected chi connectivity index (χ0v) is 16.2. The molecule has 1 amide bonds. The molecular weight excluding hydrogens is 395 g/mol. The number of carbonyl (C=O) groups excluding carboxylic acids is 1. The summed E-state index contributed by atoms with van der Waals surface area (Å²) in [6, 6.07) is 13.3. The standard InChI is InChI=1S/C18H14Cl2N2OS2/c19-12-8-14(16(24)15(20)9-12)17(23)22-18-21-13(10-25-18)7-6-11-4-2-1-3-5-11/h1-5,8-10,24H,6-7H2,(H,21,22,23). The van der Waals surface area contributed by atoms with Gasteiger partial charge in [-0.15, -0.1) is 24.0 Å². The van der Waals surface area contributed by atoms with Gasteiger partial charge in [-0.1, -0.05) is 53.5 Å². The Morgan fingerprint density at radius 2 is 1.92 bits per heavy atom. The number of hydrogen-bond acceptors (Lipinski definition) is 4. The second kappa shape index (κ2) is 8.23. The van der Waals surface area contributed by atoms with Crippen LogP contribution in [0.25, 0.3) is 0 Å². The SMILES string of the molecule is O=C(Nc1nc(CCc2ccccc2)cs1)c1cc(Cl)cc(Cl)c1S. The van der Waals surface area contributed by atoms with E-state index in [0.29, 0.717) is 25.6 Å². The Morgan fingerprint density at radius 1 is 1.16 bits per heavy atom. The van der Waals surface area contributed by atoms with Crippen LogP contribution in [0.1, 0.15) is 21.6 Å². The number of rotatable bonds is 5. The highest BCUT2D eigenvalue weighted by Gasteiger charge is 2.15. The summed E-state index contributed by atoms with van der Waals surface area (Å²) in [7, 11) is 0. The molecule has 1 N–H and O–H groups in total. The van der Waals surface area contributed by atoms with Crippen molar-refractivity contribution in [2.24, 2.45) is 0 Å². The van der Waals surface area contributed by atoms with E-state index in [1.165, 1.54) is 23.0 Å². The first kappa shape index (κ1) is 18.3. The van der Waals surface area contributed by atoms with Gasteiger partial charge in [-0.3, -0.25) is 10.1 Å². The molecule has 0 unspecified atom stereocenters. The lowest BCUT2D eigenvalue weighted by Gasteiger charge is -2.07. The van der Waals surface area contributed by atoms with Crippen molar-refractivity contribution in [2.75, 3.05) is 5.32 Å². The normalized spacial score (nSPS) is 10.7. The molecule has 0 aliphatic heterocycles. The molecule has 0 radical (unpaired) electrons. The monoisotopic (exact) mass is 408 g/mol. The number of hydrogen-bond donors (Lipinski definition) is 2. The average molecular weight is 409 g/mol. The Morgan fingerprint density at radius 3 is 2.68 bits per heavy atom. The highest BCUT2D eigenvalue weighted by Crippen LogP contribution is 2.29. The van der Waals surface area contributed by atoms with Crippen LogP contribution in [0.15, 0.2) is 52.7 Å². The van der Waals surface area contributed by atoms with E-state index in [4.69, 9.17) is 23.2 Å². The minimum absolute atomic E-state index is 0.321. The fraction of sp³-hybridized carbons (Fsp3) is 0.111. The van der Waals surface area contributed by atoms with Gasteiger partial charge in [0, 0.05) is 15.3 Å². The van der Waals surface area contributed by atoms with Crippen LogP contribution in [-0.4, -0.2) is 10.9 Å². The summed E-state index contributed by atoms with van der Waals surface area (Å²) < 4.78 is 0. The van der Waals surface area contributed by atoms with E-state index < -0.39 is 0 Å². The van der Waals surface area contributed by atoms with Crippen LogP contribution in [0.5, 0.6) is 0 Å². The Labute approximate surface area is 165 Å². The van der Waals surface area contributed by atoms with Gasteiger partial charge in [0.25, 0.3) is 5.91 Å². The van der Waals surface area contributed by atoms with Gasteiger partial charge < -0.3 is 0 Å². The van der Waals surface area contributed by atoms with Crippen molar-refractivity contribution in [3.63, 3.8) is 0 Å². The van der Waals surface area contributed by atoms with Crippen LogP contribution in [0.3, 0.4) is 0 Å². The quantitative estimate of drug-likeness (QED) is 0.525. The largest absolute Gasteiger partial charge is 0.298 e. The summed E-state index contributed by atoms with van der Waals surface area (Å²) in [6.45, 7) is 0. The second-order valence-corrected chi connectivity index (χ2v) is 7.52. The van der Waals surface area contributed by atoms with E-state index in [1.54, 1.807) is 6.07 Å². The maximum Gasteiger partial charge on any atom is 0.258 e. The Bertz CT molecular complexity index is 897. The number of anilines is 1. The number of aryl methyl sites for hydroxylation is 2. The van der Waals surface area contributed by atoms with Gasteiger partial charge in [0.15, 0.2) is 5.13 Å². The topological polar surface area (TPSA) is 42.0 Å². The highest BCUT2D eigenvalue weighted by atomic mass is 35.5. The van der Waals surface area contributed by atoms with Gasteiger partial charge in [-0.25, -0.2) is 4.98 Å².